The van der Waals surface area contributed by atoms with Gasteiger partial charge in [0.25, 0.3) is 0 Å². The van der Waals surface area contributed by atoms with E-state index in [0.29, 0.717) is 13.0 Å². The minimum absolute atomic E-state index is 0.00199. The van der Waals surface area contributed by atoms with Gasteiger partial charge in [0.05, 0.1) is 7.11 Å². The van der Waals surface area contributed by atoms with Crippen molar-refractivity contribution >= 4 is 11.9 Å². The number of esters is 1. The Hall–Kier alpha value is -2.17. The fourth-order valence-corrected chi connectivity index (χ4v) is 2.54. The Morgan fingerprint density at radius 3 is 2.86 bits per heavy atom. The van der Waals surface area contributed by atoms with Crippen LogP contribution in [0, 0.1) is 11.7 Å². The SMILES string of the molecule is COC(=O)/C=C/CCNC(=O)C1CC(c2cccc(F)c2)C1. The van der Waals surface area contributed by atoms with Crippen LogP contribution in [0.25, 0.3) is 0 Å². The van der Waals surface area contributed by atoms with Gasteiger partial charge in [-0.3, -0.25) is 4.79 Å². The zero-order valence-corrected chi connectivity index (χ0v) is 12.5. The van der Waals surface area contributed by atoms with Crippen molar-refractivity contribution in [3.05, 3.63) is 47.8 Å². The Balaban J connectivity index is 1.67. The van der Waals surface area contributed by atoms with Crippen LogP contribution < -0.4 is 5.32 Å². The number of hydrogen-bond donors (Lipinski definition) is 1. The lowest BCUT2D eigenvalue weighted by molar-refractivity contribution is -0.134. The van der Waals surface area contributed by atoms with Crippen molar-refractivity contribution in [2.24, 2.45) is 5.92 Å². The van der Waals surface area contributed by atoms with Crippen LogP contribution in [-0.4, -0.2) is 25.5 Å². The molecule has 0 saturated heterocycles. The second-order valence-corrected chi connectivity index (χ2v) is 5.43. The molecule has 1 saturated carbocycles. The van der Waals surface area contributed by atoms with Crippen LogP contribution in [0.15, 0.2) is 36.4 Å². The first-order valence-corrected chi connectivity index (χ1v) is 7.38. The number of rotatable bonds is 6. The highest BCUT2D eigenvalue weighted by Crippen LogP contribution is 2.41. The van der Waals surface area contributed by atoms with Crippen molar-refractivity contribution in [2.45, 2.75) is 25.2 Å². The van der Waals surface area contributed by atoms with Gasteiger partial charge in [-0.25, -0.2) is 9.18 Å². The Labute approximate surface area is 129 Å². The van der Waals surface area contributed by atoms with Crippen molar-refractivity contribution < 1.29 is 18.7 Å². The molecule has 1 aromatic rings. The monoisotopic (exact) mass is 305 g/mol. The highest BCUT2D eigenvalue weighted by atomic mass is 19.1. The summed E-state index contributed by atoms with van der Waals surface area (Å²) in [5.41, 5.74) is 0.963. The molecule has 0 aromatic heterocycles. The normalized spacial score (nSPS) is 20.5. The molecule has 4 nitrogen and oxygen atoms in total. The van der Waals surface area contributed by atoms with Gasteiger partial charge < -0.3 is 10.1 Å². The van der Waals surface area contributed by atoms with E-state index in [9.17, 15) is 14.0 Å². The first-order chi connectivity index (χ1) is 10.6. The van der Waals surface area contributed by atoms with E-state index >= 15 is 0 Å². The zero-order valence-electron chi connectivity index (χ0n) is 12.5. The van der Waals surface area contributed by atoms with Crippen LogP contribution in [-0.2, 0) is 14.3 Å². The molecule has 0 spiro atoms. The van der Waals surface area contributed by atoms with Gasteiger partial charge >= 0.3 is 5.97 Å². The lowest BCUT2D eigenvalue weighted by Gasteiger charge is -2.34. The maximum Gasteiger partial charge on any atom is 0.330 e. The zero-order chi connectivity index (χ0) is 15.9. The summed E-state index contributed by atoms with van der Waals surface area (Å²) in [7, 11) is 1.32. The molecule has 1 aliphatic carbocycles. The number of methoxy groups -OCH3 is 1. The van der Waals surface area contributed by atoms with Crippen LogP contribution in [0.4, 0.5) is 4.39 Å². The van der Waals surface area contributed by atoms with E-state index in [0.717, 1.165) is 18.4 Å². The first-order valence-electron chi connectivity index (χ1n) is 7.38. The van der Waals surface area contributed by atoms with Crippen LogP contribution in [0.5, 0.6) is 0 Å². The minimum Gasteiger partial charge on any atom is -0.466 e. The molecule has 118 valence electrons. The summed E-state index contributed by atoms with van der Waals surface area (Å²) in [5, 5.41) is 2.84. The highest BCUT2D eigenvalue weighted by Gasteiger charge is 2.35. The first kappa shape index (κ1) is 16.2. The predicted molar refractivity (Wildman–Crippen MR) is 80.6 cm³/mol. The number of nitrogens with one attached hydrogen (secondary N) is 1. The molecule has 1 aliphatic rings. The van der Waals surface area contributed by atoms with Crippen LogP contribution >= 0.6 is 0 Å². The van der Waals surface area contributed by atoms with Gasteiger partial charge in [0.15, 0.2) is 0 Å². The van der Waals surface area contributed by atoms with Crippen LogP contribution in [0.3, 0.4) is 0 Å². The fraction of sp³-hybridized carbons (Fsp3) is 0.412. The lowest BCUT2D eigenvalue weighted by Crippen LogP contribution is -2.38. The van der Waals surface area contributed by atoms with Crippen molar-refractivity contribution in [1.82, 2.24) is 5.32 Å². The van der Waals surface area contributed by atoms with Gasteiger partial charge in [0.2, 0.25) is 5.91 Å². The third kappa shape index (κ3) is 4.41. The molecule has 22 heavy (non-hydrogen) atoms. The molecule has 2 rings (SSSR count). The summed E-state index contributed by atoms with van der Waals surface area (Å²) in [5.74, 6) is -0.339. The number of hydrogen-bond acceptors (Lipinski definition) is 3. The smallest absolute Gasteiger partial charge is 0.330 e. The Kier molecular flexibility index (Phi) is 5.69. The van der Waals surface area contributed by atoms with Crippen molar-refractivity contribution in [2.75, 3.05) is 13.7 Å². The number of carbonyl (C=O) groups excluding carboxylic acids is 2. The summed E-state index contributed by atoms with van der Waals surface area (Å²) in [4.78, 5) is 22.8. The number of carbonyl (C=O) groups is 2. The van der Waals surface area contributed by atoms with Crippen molar-refractivity contribution in [3.8, 4) is 0 Å². The van der Waals surface area contributed by atoms with E-state index in [2.05, 4.69) is 10.1 Å². The van der Waals surface area contributed by atoms with Crippen molar-refractivity contribution in [1.29, 1.82) is 0 Å². The summed E-state index contributed by atoms with van der Waals surface area (Å²) >= 11 is 0. The van der Waals surface area contributed by atoms with Gasteiger partial charge in [0, 0.05) is 18.5 Å². The van der Waals surface area contributed by atoms with E-state index in [4.69, 9.17) is 0 Å². The molecule has 0 atom stereocenters. The maximum absolute atomic E-state index is 13.1. The largest absolute Gasteiger partial charge is 0.466 e. The van der Waals surface area contributed by atoms with Gasteiger partial charge in [-0.05, 0) is 42.9 Å². The summed E-state index contributed by atoms with van der Waals surface area (Å²) in [6, 6.07) is 6.57. The Morgan fingerprint density at radius 2 is 2.18 bits per heavy atom. The summed E-state index contributed by atoms with van der Waals surface area (Å²) < 4.78 is 17.6. The average Bonchev–Trinajstić information content (AvgIpc) is 2.45. The van der Waals surface area contributed by atoms with Gasteiger partial charge in [-0.1, -0.05) is 18.2 Å². The molecule has 1 fully saturated rings. The molecular formula is C17H20FNO3. The van der Waals surface area contributed by atoms with E-state index in [-0.39, 0.29) is 23.6 Å². The topological polar surface area (TPSA) is 55.4 Å². The third-order valence-electron chi connectivity index (χ3n) is 3.89. The lowest BCUT2D eigenvalue weighted by atomic mass is 9.71. The molecular weight excluding hydrogens is 285 g/mol. The van der Waals surface area contributed by atoms with Crippen molar-refractivity contribution in [3.63, 3.8) is 0 Å². The van der Waals surface area contributed by atoms with E-state index in [1.165, 1.54) is 25.3 Å². The predicted octanol–water partition coefficient (Wildman–Crippen LogP) is 2.55. The molecule has 0 radical (unpaired) electrons. The molecule has 0 heterocycles. The second-order valence-electron chi connectivity index (χ2n) is 5.43. The number of benzene rings is 1. The summed E-state index contributed by atoms with van der Waals surface area (Å²) in [6.45, 7) is 0.494. The second kappa shape index (κ2) is 7.73. The molecule has 0 bridgehead atoms. The average molecular weight is 305 g/mol. The Morgan fingerprint density at radius 1 is 1.41 bits per heavy atom. The molecule has 1 aromatic carbocycles. The van der Waals surface area contributed by atoms with Gasteiger partial charge in [-0.2, -0.15) is 0 Å². The standard InChI is InChI=1S/C17H20FNO3/c1-22-16(20)7-2-3-8-19-17(21)14-9-13(10-14)12-5-4-6-15(18)11-12/h2,4-7,11,13-14H,3,8-10H2,1H3,(H,19,21)/b7-2+. The van der Waals surface area contributed by atoms with Gasteiger partial charge in [-0.15, -0.1) is 0 Å². The van der Waals surface area contributed by atoms with Crippen LogP contribution in [0.1, 0.15) is 30.7 Å². The molecule has 1 amide bonds. The maximum atomic E-state index is 13.1. The van der Waals surface area contributed by atoms with E-state index in [1.54, 1.807) is 12.1 Å². The Bertz CT molecular complexity index is 565. The van der Waals surface area contributed by atoms with Crippen LogP contribution in [0.2, 0.25) is 0 Å². The molecule has 0 unspecified atom stereocenters. The summed E-state index contributed by atoms with van der Waals surface area (Å²) in [6.07, 6.45) is 5.11. The quantitative estimate of drug-likeness (QED) is 0.499. The molecule has 0 aliphatic heterocycles. The van der Waals surface area contributed by atoms with E-state index in [1.807, 2.05) is 6.07 Å². The van der Waals surface area contributed by atoms with E-state index < -0.39 is 5.97 Å². The van der Waals surface area contributed by atoms with Gasteiger partial charge in [0.1, 0.15) is 5.82 Å². The fourth-order valence-electron chi connectivity index (χ4n) is 2.54. The third-order valence-corrected chi connectivity index (χ3v) is 3.89. The molecule has 1 N–H and O–H groups in total. The highest BCUT2D eigenvalue weighted by molar-refractivity contribution is 5.81. The number of amides is 1. The minimum atomic E-state index is -0.400. The number of halogens is 1. The number of ether oxygens (including phenoxy) is 1. The molecule has 5 heteroatoms.